The zero-order valence-corrected chi connectivity index (χ0v) is 7.49. The molecule has 0 spiro atoms. The lowest BCUT2D eigenvalue weighted by Gasteiger charge is -2.13. The number of hydrogen-bond acceptors (Lipinski definition) is 2. The quantitative estimate of drug-likeness (QED) is 0.466. The average molecular weight is 187 g/mol. The summed E-state index contributed by atoms with van der Waals surface area (Å²) in [5.74, 6) is 0.825. The first-order chi connectivity index (χ1) is 4.85. The third-order valence-corrected chi connectivity index (χ3v) is 1.27. The maximum Gasteiger partial charge on any atom is 0.171 e. The first kappa shape index (κ1) is 10.5. The van der Waals surface area contributed by atoms with Gasteiger partial charge in [0.05, 0.1) is 12.5 Å². The van der Waals surface area contributed by atoms with Gasteiger partial charge in [-0.1, -0.05) is 0 Å². The van der Waals surface area contributed by atoms with Gasteiger partial charge in [-0.2, -0.15) is 0 Å². The van der Waals surface area contributed by atoms with Crippen LogP contribution in [0.2, 0.25) is 0 Å². The van der Waals surface area contributed by atoms with Gasteiger partial charge in [0.15, 0.2) is 6.29 Å². The van der Waals surface area contributed by atoms with E-state index in [1.54, 1.807) is 0 Å². The van der Waals surface area contributed by atoms with Crippen LogP contribution in [-0.4, -0.2) is 31.3 Å². The molecule has 0 aromatic heterocycles. The Kier molecular flexibility index (Phi) is 7.99. The van der Waals surface area contributed by atoms with Gasteiger partial charge in [-0.05, 0) is 6.92 Å². The van der Waals surface area contributed by atoms with E-state index in [4.69, 9.17) is 32.7 Å². The summed E-state index contributed by atoms with van der Waals surface area (Å²) in [6, 6.07) is 0. The molecule has 0 rings (SSSR count). The van der Waals surface area contributed by atoms with Crippen molar-refractivity contribution in [2.24, 2.45) is 0 Å². The zero-order chi connectivity index (χ0) is 7.82. The molecule has 0 aliphatic carbocycles. The summed E-state index contributed by atoms with van der Waals surface area (Å²) in [7, 11) is 0. The van der Waals surface area contributed by atoms with Gasteiger partial charge in [-0.3, -0.25) is 0 Å². The van der Waals surface area contributed by atoms with Gasteiger partial charge in [0.25, 0.3) is 0 Å². The first-order valence-electron chi connectivity index (χ1n) is 3.20. The summed E-state index contributed by atoms with van der Waals surface area (Å²) in [6.45, 7) is 2.99. The minimum absolute atomic E-state index is 0.301. The number of alkyl halides is 2. The minimum atomic E-state index is -0.301. The Morgan fingerprint density at radius 3 is 2.40 bits per heavy atom. The summed E-state index contributed by atoms with van der Waals surface area (Å²) in [6.07, 6.45) is -0.301. The standard InChI is InChI=1S/C6H12Cl2O2/c1-2-9-6(5-8)10-4-3-7/h6H,2-5H2,1H3. The van der Waals surface area contributed by atoms with Crippen molar-refractivity contribution in [1.29, 1.82) is 0 Å². The average Bonchev–Trinajstić information content (AvgIpc) is 1.98. The number of rotatable bonds is 6. The van der Waals surface area contributed by atoms with Crippen LogP contribution in [-0.2, 0) is 9.47 Å². The minimum Gasteiger partial charge on any atom is -0.352 e. The summed E-state index contributed by atoms with van der Waals surface area (Å²) in [5, 5.41) is 0. The van der Waals surface area contributed by atoms with Gasteiger partial charge in [-0.25, -0.2) is 0 Å². The predicted molar refractivity (Wildman–Crippen MR) is 42.8 cm³/mol. The molecule has 0 aliphatic heterocycles. The van der Waals surface area contributed by atoms with Crippen molar-refractivity contribution in [2.45, 2.75) is 13.2 Å². The maximum absolute atomic E-state index is 5.49. The molecule has 1 atom stereocenters. The molecular formula is C6H12Cl2O2. The Hall–Kier alpha value is 0.500. The monoisotopic (exact) mass is 186 g/mol. The molecule has 4 heteroatoms. The van der Waals surface area contributed by atoms with Crippen LogP contribution < -0.4 is 0 Å². The molecule has 62 valence electrons. The van der Waals surface area contributed by atoms with E-state index in [9.17, 15) is 0 Å². The summed E-state index contributed by atoms with van der Waals surface area (Å²) in [4.78, 5) is 0. The van der Waals surface area contributed by atoms with Crippen molar-refractivity contribution in [3.63, 3.8) is 0 Å². The highest BCUT2D eigenvalue weighted by molar-refractivity contribution is 6.18. The van der Waals surface area contributed by atoms with Crippen molar-refractivity contribution in [2.75, 3.05) is 25.0 Å². The molecular weight excluding hydrogens is 175 g/mol. The lowest BCUT2D eigenvalue weighted by atomic mass is 10.7. The highest BCUT2D eigenvalue weighted by Gasteiger charge is 2.04. The van der Waals surface area contributed by atoms with Gasteiger partial charge < -0.3 is 9.47 Å². The van der Waals surface area contributed by atoms with Gasteiger partial charge in [-0.15, -0.1) is 23.2 Å². The second-order valence-electron chi connectivity index (χ2n) is 1.60. The highest BCUT2D eigenvalue weighted by Crippen LogP contribution is 1.97. The van der Waals surface area contributed by atoms with Crippen molar-refractivity contribution in [1.82, 2.24) is 0 Å². The van der Waals surface area contributed by atoms with Gasteiger partial charge in [0.2, 0.25) is 0 Å². The molecule has 0 bridgehead atoms. The zero-order valence-electron chi connectivity index (χ0n) is 5.98. The van der Waals surface area contributed by atoms with Crippen LogP contribution in [0.5, 0.6) is 0 Å². The predicted octanol–water partition coefficient (Wildman–Crippen LogP) is 1.84. The molecule has 0 N–H and O–H groups in total. The molecule has 0 amide bonds. The Labute approximate surface area is 71.4 Å². The van der Waals surface area contributed by atoms with Crippen LogP contribution >= 0.6 is 23.2 Å². The molecule has 0 saturated heterocycles. The lowest BCUT2D eigenvalue weighted by molar-refractivity contribution is -0.120. The SMILES string of the molecule is CCOC(CCl)OCCCl. The Bertz CT molecular complexity index is 70.8. The first-order valence-corrected chi connectivity index (χ1v) is 4.27. The van der Waals surface area contributed by atoms with Crippen LogP contribution in [0.15, 0.2) is 0 Å². The fourth-order valence-corrected chi connectivity index (χ4v) is 0.766. The highest BCUT2D eigenvalue weighted by atomic mass is 35.5. The summed E-state index contributed by atoms with van der Waals surface area (Å²) < 4.78 is 10.2. The molecule has 0 aromatic rings. The topological polar surface area (TPSA) is 18.5 Å². The third kappa shape index (κ3) is 5.30. The Morgan fingerprint density at radius 1 is 1.30 bits per heavy atom. The molecule has 1 unspecified atom stereocenters. The Balaban J connectivity index is 3.21. The van der Waals surface area contributed by atoms with E-state index in [0.717, 1.165) is 0 Å². The fraction of sp³-hybridized carbons (Fsp3) is 1.00. The van der Waals surface area contributed by atoms with Crippen LogP contribution in [0.25, 0.3) is 0 Å². The van der Waals surface area contributed by atoms with Crippen LogP contribution in [0, 0.1) is 0 Å². The second kappa shape index (κ2) is 7.61. The summed E-state index contributed by atoms with van der Waals surface area (Å²) >= 11 is 10.9. The Morgan fingerprint density at radius 2 is 2.00 bits per heavy atom. The molecule has 0 fully saturated rings. The number of halogens is 2. The smallest absolute Gasteiger partial charge is 0.171 e. The van der Waals surface area contributed by atoms with E-state index in [-0.39, 0.29) is 6.29 Å². The van der Waals surface area contributed by atoms with Crippen molar-refractivity contribution in [3.05, 3.63) is 0 Å². The molecule has 0 saturated carbocycles. The second-order valence-corrected chi connectivity index (χ2v) is 2.29. The van der Waals surface area contributed by atoms with Crippen molar-refractivity contribution < 1.29 is 9.47 Å². The lowest BCUT2D eigenvalue weighted by Crippen LogP contribution is -2.19. The molecule has 0 radical (unpaired) electrons. The van der Waals surface area contributed by atoms with Crippen molar-refractivity contribution >= 4 is 23.2 Å². The molecule has 0 aliphatic rings. The molecule has 10 heavy (non-hydrogen) atoms. The van der Waals surface area contributed by atoms with E-state index in [0.29, 0.717) is 25.0 Å². The van der Waals surface area contributed by atoms with E-state index < -0.39 is 0 Å². The number of hydrogen-bond donors (Lipinski definition) is 0. The third-order valence-electron chi connectivity index (χ3n) is 0.859. The number of ether oxygens (including phenoxy) is 2. The van der Waals surface area contributed by atoms with Crippen LogP contribution in [0.3, 0.4) is 0 Å². The van der Waals surface area contributed by atoms with E-state index >= 15 is 0 Å². The van der Waals surface area contributed by atoms with Crippen LogP contribution in [0.4, 0.5) is 0 Å². The van der Waals surface area contributed by atoms with Crippen molar-refractivity contribution in [3.8, 4) is 0 Å². The molecule has 0 aromatic carbocycles. The van der Waals surface area contributed by atoms with Gasteiger partial charge in [0, 0.05) is 12.5 Å². The van der Waals surface area contributed by atoms with Gasteiger partial charge >= 0.3 is 0 Å². The van der Waals surface area contributed by atoms with E-state index in [1.807, 2.05) is 6.92 Å². The fourth-order valence-electron chi connectivity index (χ4n) is 0.499. The maximum atomic E-state index is 5.49. The largest absolute Gasteiger partial charge is 0.352 e. The van der Waals surface area contributed by atoms with E-state index in [2.05, 4.69) is 0 Å². The normalized spacial score (nSPS) is 13.5. The van der Waals surface area contributed by atoms with E-state index in [1.165, 1.54) is 0 Å². The van der Waals surface area contributed by atoms with Gasteiger partial charge in [0.1, 0.15) is 0 Å². The van der Waals surface area contributed by atoms with Crippen LogP contribution in [0.1, 0.15) is 6.92 Å². The molecule has 2 nitrogen and oxygen atoms in total. The summed E-state index contributed by atoms with van der Waals surface area (Å²) in [5.41, 5.74) is 0. The molecule has 0 heterocycles.